The number of thiazole rings is 1. The van der Waals surface area contributed by atoms with Crippen molar-refractivity contribution in [3.63, 3.8) is 0 Å². The van der Waals surface area contributed by atoms with Crippen LogP contribution in [0.3, 0.4) is 0 Å². The van der Waals surface area contributed by atoms with Crippen molar-refractivity contribution in [2.24, 2.45) is 12.0 Å². The molecular formula is C14H23IN6S. The Kier molecular flexibility index (Phi) is 7.80. The van der Waals surface area contributed by atoms with Crippen LogP contribution >= 0.6 is 35.3 Å². The van der Waals surface area contributed by atoms with E-state index in [0.717, 1.165) is 29.6 Å². The molecule has 2 aromatic heterocycles. The van der Waals surface area contributed by atoms with Gasteiger partial charge in [0.2, 0.25) is 0 Å². The van der Waals surface area contributed by atoms with Gasteiger partial charge < -0.3 is 10.6 Å². The third-order valence-electron chi connectivity index (χ3n) is 3.17. The molecule has 0 aliphatic rings. The van der Waals surface area contributed by atoms with Gasteiger partial charge in [0.1, 0.15) is 5.01 Å². The molecule has 2 aromatic rings. The second-order valence-electron chi connectivity index (χ2n) is 4.87. The van der Waals surface area contributed by atoms with E-state index in [1.54, 1.807) is 18.4 Å². The van der Waals surface area contributed by atoms with Gasteiger partial charge in [0.05, 0.1) is 18.4 Å². The lowest BCUT2D eigenvalue weighted by Crippen LogP contribution is -2.37. The summed E-state index contributed by atoms with van der Waals surface area (Å²) in [5.41, 5.74) is 2.32. The molecule has 0 aliphatic heterocycles. The van der Waals surface area contributed by atoms with Crippen molar-refractivity contribution in [3.8, 4) is 0 Å². The summed E-state index contributed by atoms with van der Waals surface area (Å²) in [6.07, 6.45) is 4.84. The molecule has 2 rings (SSSR count). The van der Waals surface area contributed by atoms with E-state index in [1.165, 1.54) is 10.4 Å². The second kappa shape index (κ2) is 9.09. The first-order chi connectivity index (χ1) is 10.1. The van der Waals surface area contributed by atoms with Crippen molar-refractivity contribution >= 4 is 41.3 Å². The van der Waals surface area contributed by atoms with Crippen LogP contribution in [0.5, 0.6) is 0 Å². The summed E-state index contributed by atoms with van der Waals surface area (Å²) in [6, 6.07) is 0. The van der Waals surface area contributed by atoms with Crippen LogP contribution in [0.2, 0.25) is 0 Å². The van der Waals surface area contributed by atoms with Crippen molar-refractivity contribution in [1.82, 2.24) is 25.4 Å². The molecule has 0 spiro atoms. The maximum absolute atomic E-state index is 4.51. The Hall–Kier alpha value is -1.16. The third-order valence-corrected chi connectivity index (χ3v) is 4.24. The molecule has 0 atom stereocenters. The van der Waals surface area contributed by atoms with Crippen LogP contribution < -0.4 is 10.6 Å². The highest BCUT2D eigenvalue weighted by Crippen LogP contribution is 2.15. The normalized spacial score (nSPS) is 11.2. The van der Waals surface area contributed by atoms with Crippen molar-refractivity contribution < 1.29 is 0 Å². The predicted octanol–water partition coefficient (Wildman–Crippen LogP) is 2.02. The van der Waals surface area contributed by atoms with Gasteiger partial charge in [-0.3, -0.25) is 9.67 Å². The summed E-state index contributed by atoms with van der Waals surface area (Å²) in [7, 11) is 3.70. The van der Waals surface area contributed by atoms with Gasteiger partial charge in [-0.1, -0.05) is 0 Å². The molecule has 8 heteroatoms. The number of guanidine groups is 1. The summed E-state index contributed by atoms with van der Waals surface area (Å²) in [5.74, 6) is 0.796. The minimum Gasteiger partial charge on any atom is -0.356 e. The SMILES string of the molecule is CN=C(NCCc1cnn(C)c1)NCc1nc(C)c(C)s1.I. The van der Waals surface area contributed by atoms with Gasteiger partial charge >= 0.3 is 0 Å². The molecule has 0 saturated carbocycles. The molecule has 0 fully saturated rings. The van der Waals surface area contributed by atoms with E-state index < -0.39 is 0 Å². The fourth-order valence-electron chi connectivity index (χ4n) is 1.92. The molecule has 122 valence electrons. The highest BCUT2D eigenvalue weighted by molar-refractivity contribution is 14.0. The Morgan fingerprint density at radius 2 is 2.14 bits per heavy atom. The van der Waals surface area contributed by atoms with Crippen LogP contribution in [0.4, 0.5) is 0 Å². The largest absolute Gasteiger partial charge is 0.356 e. The molecule has 0 aromatic carbocycles. The summed E-state index contributed by atoms with van der Waals surface area (Å²) in [4.78, 5) is 10.00. The second-order valence-corrected chi connectivity index (χ2v) is 6.16. The zero-order valence-corrected chi connectivity index (χ0v) is 16.5. The molecular weight excluding hydrogens is 411 g/mol. The lowest BCUT2D eigenvalue weighted by Gasteiger charge is -2.10. The Morgan fingerprint density at radius 3 is 2.68 bits per heavy atom. The van der Waals surface area contributed by atoms with E-state index >= 15 is 0 Å². The predicted molar refractivity (Wildman–Crippen MR) is 102 cm³/mol. The Morgan fingerprint density at radius 1 is 1.36 bits per heavy atom. The van der Waals surface area contributed by atoms with Crippen LogP contribution in [-0.4, -0.2) is 34.3 Å². The fourth-order valence-corrected chi connectivity index (χ4v) is 2.79. The van der Waals surface area contributed by atoms with E-state index in [2.05, 4.69) is 32.6 Å². The average molecular weight is 434 g/mol. The molecule has 0 amide bonds. The molecule has 6 nitrogen and oxygen atoms in total. The molecule has 0 saturated heterocycles. The minimum atomic E-state index is 0. The van der Waals surface area contributed by atoms with Crippen LogP contribution in [0.15, 0.2) is 17.4 Å². The summed E-state index contributed by atoms with van der Waals surface area (Å²) in [5, 5.41) is 11.8. The van der Waals surface area contributed by atoms with Crippen LogP contribution in [0.25, 0.3) is 0 Å². The maximum Gasteiger partial charge on any atom is 0.191 e. The monoisotopic (exact) mass is 434 g/mol. The van der Waals surface area contributed by atoms with Crippen molar-refractivity contribution in [2.75, 3.05) is 13.6 Å². The van der Waals surface area contributed by atoms with Gasteiger partial charge in [-0.05, 0) is 25.8 Å². The molecule has 0 bridgehead atoms. The maximum atomic E-state index is 4.51. The van der Waals surface area contributed by atoms with E-state index in [9.17, 15) is 0 Å². The standard InChI is InChI=1S/C14H22N6S.HI/c1-10-11(2)21-13(19-10)8-17-14(15-3)16-6-5-12-7-18-20(4)9-12;/h7,9H,5-6,8H2,1-4H3,(H2,15,16,17);1H. The van der Waals surface area contributed by atoms with Gasteiger partial charge in [0.25, 0.3) is 0 Å². The number of nitrogens with one attached hydrogen (secondary N) is 2. The number of nitrogens with zero attached hydrogens (tertiary/aromatic N) is 4. The van der Waals surface area contributed by atoms with Crippen molar-refractivity contribution in [3.05, 3.63) is 33.5 Å². The number of rotatable bonds is 5. The highest BCUT2D eigenvalue weighted by Gasteiger charge is 2.05. The van der Waals surface area contributed by atoms with Gasteiger partial charge in [-0.2, -0.15) is 5.10 Å². The number of aliphatic imine (C=N–C) groups is 1. The fraction of sp³-hybridized carbons (Fsp3) is 0.500. The molecule has 2 heterocycles. The quantitative estimate of drug-likeness (QED) is 0.430. The molecule has 2 N–H and O–H groups in total. The molecule has 0 radical (unpaired) electrons. The number of hydrogen-bond donors (Lipinski definition) is 2. The van der Waals surface area contributed by atoms with Gasteiger partial charge in [-0.15, -0.1) is 35.3 Å². The van der Waals surface area contributed by atoms with Crippen LogP contribution in [-0.2, 0) is 20.0 Å². The van der Waals surface area contributed by atoms with E-state index in [4.69, 9.17) is 0 Å². The topological polar surface area (TPSA) is 67.1 Å². The Bertz CT molecular complexity index is 599. The van der Waals surface area contributed by atoms with Crippen molar-refractivity contribution in [1.29, 1.82) is 0 Å². The summed E-state index contributed by atoms with van der Waals surface area (Å²) >= 11 is 1.72. The number of aromatic nitrogens is 3. The zero-order valence-electron chi connectivity index (χ0n) is 13.4. The molecule has 0 aliphatic carbocycles. The van der Waals surface area contributed by atoms with Crippen molar-refractivity contribution in [2.45, 2.75) is 26.8 Å². The Balaban J connectivity index is 0.00000242. The smallest absolute Gasteiger partial charge is 0.191 e. The van der Waals surface area contributed by atoms with Gasteiger partial charge in [-0.25, -0.2) is 4.98 Å². The zero-order chi connectivity index (χ0) is 15.2. The van der Waals surface area contributed by atoms with Crippen LogP contribution in [0, 0.1) is 13.8 Å². The molecule has 0 unspecified atom stereocenters. The summed E-state index contributed by atoms with van der Waals surface area (Å²) in [6.45, 7) is 5.65. The number of halogens is 1. The molecule has 22 heavy (non-hydrogen) atoms. The number of hydrogen-bond acceptors (Lipinski definition) is 4. The lowest BCUT2D eigenvalue weighted by molar-refractivity contribution is 0.764. The average Bonchev–Trinajstić information content (AvgIpc) is 3.00. The third kappa shape index (κ3) is 5.56. The first-order valence-corrected chi connectivity index (χ1v) is 7.75. The summed E-state index contributed by atoms with van der Waals surface area (Å²) < 4.78 is 1.82. The van der Waals surface area contributed by atoms with Gasteiger partial charge in [0, 0.05) is 31.7 Å². The van der Waals surface area contributed by atoms with Crippen LogP contribution in [0.1, 0.15) is 21.1 Å². The Labute approximate surface area is 152 Å². The van der Waals surface area contributed by atoms with E-state index in [0.29, 0.717) is 6.54 Å². The van der Waals surface area contributed by atoms with E-state index in [-0.39, 0.29) is 24.0 Å². The first kappa shape index (κ1) is 18.9. The lowest BCUT2D eigenvalue weighted by atomic mass is 10.2. The van der Waals surface area contributed by atoms with E-state index in [1.807, 2.05) is 31.0 Å². The number of aryl methyl sites for hydroxylation is 3. The van der Waals surface area contributed by atoms with Gasteiger partial charge in [0.15, 0.2) is 5.96 Å². The highest BCUT2D eigenvalue weighted by atomic mass is 127. The first-order valence-electron chi connectivity index (χ1n) is 6.93. The minimum absolute atomic E-state index is 0.